The molecule has 444 valence electrons. The van der Waals surface area contributed by atoms with Crippen molar-refractivity contribution < 1.29 is 63.0 Å². The Kier molecular flexibility index (Phi) is 26.8. The van der Waals surface area contributed by atoms with Crippen LogP contribution in [-0.2, 0) is 59.2 Å². The van der Waals surface area contributed by atoms with Crippen molar-refractivity contribution >= 4 is 81.9 Å². The van der Waals surface area contributed by atoms with E-state index in [0.717, 1.165) is 17.8 Å². The number of benzene rings is 1. The number of hydrogen-bond donors (Lipinski definition) is 15. The maximum absolute atomic E-state index is 14.1. The number of nitrogens with one attached hydrogen (secondary N) is 9. The van der Waals surface area contributed by atoms with E-state index in [4.69, 9.17) is 22.9 Å². The van der Waals surface area contributed by atoms with Gasteiger partial charge in [0.05, 0.1) is 31.7 Å². The lowest BCUT2D eigenvalue weighted by Crippen LogP contribution is -2.60. The summed E-state index contributed by atoms with van der Waals surface area (Å²) in [6.07, 6.45) is 0.426. The third kappa shape index (κ3) is 22.1. The number of aliphatic imine (C=N–C) groups is 1. The lowest BCUT2D eigenvalue weighted by molar-refractivity contribution is -0.142. The number of likely N-dealkylation sites (tertiary alicyclic amines) is 1. The van der Waals surface area contributed by atoms with Gasteiger partial charge in [-0.05, 0) is 81.3 Å². The molecule has 1 aromatic heterocycles. The molecule has 1 aliphatic rings. The first kappa shape index (κ1) is 66.4. The van der Waals surface area contributed by atoms with Crippen molar-refractivity contribution in [1.82, 2.24) is 52.4 Å². The van der Waals surface area contributed by atoms with Gasteiger partial charge in [-0.3, -0.25) is 52.9 Å². The molecule has 0 saturated carbocycles. The average Bonchev–Trinajstić information content (AvgIpc) is 4.04. The van der Waals surface area contributed by atoms with Crippen LogP contribution in [0.4, 0.5) is 0 Å². The summed E-state index contributed by atoms with van der Waals surface area (Å²) in [5.74, 6) is -10.1. The molecule has 2 heterocycles. The van der Waals surface area contributed by atoms with Crippen LogP contribution in [0.2, 0.25) is 0 Å². The summed E-state index contributed by atoms with van der Waals surface area (Å²) in [6.45, 7) is 10.9. The van der Waals surface area contributed by atoms with Crippen molar-refractivity contribution in [2.24, 2.45) is 45.7 Å². The van der Waals surface area contributed by atoms with Crippen LogP contribution in [0.5, 0.6) is 0 Å². The monoisotopic (exact) mass is 1130 g/mol. The lowest BCUT2D eigenvalue weighted by atomic mass is 10.0. The number of aromatic amines is 1. The first-order valence-electron chi connectivity index (χ1n) is 26.8. The second-order valence-electron chi connectivity index (χ2n) is 21.3. The number of aromatic nitrogens is 1. The summed E-state index contributed by atoms with van der Waals surface area (Å²) in [5.41, 5.74) is 23.6. The first-order chi connectivity index (χ1) is 37.6. The van der Waals surface area contributed by atoms with E-state index < -0.39 is 139 Å². The maximum atomic E-state index is 14.1. The molecule has 19 N–H and O–H groups in total. The third-order valence-corrected chi connectivity index (χ3v) is 12.9. The summed E-state index contributed by atoms with van der Waals surface area (Å²) in [6, 6.07) is -3.36. The molecule has 1 aromatic carbocycles. The number of carbonyl (C=O) groups is 11. The molecule has 9 atom stereocenters. The largest absolute Gasteiger partial charge is 0.480 e. The van der Waals surface area contributed by atoms with Gasteiger partial charge in [0.1, 0.15) is 42.3 Å². The molecule has 0 aliphatic carbocycles. The van der Waals surface area contributed by atoms with Gasteiger partial charge in [0.15, 0.2) is 5.96 Å². The van der Waals surface area contributed by atoms with E-state index in [2.05, 4.69) is 52.5 Å². The number of hydrogen-bond acceptors (Lipinski definition) is 14. The molecule has 10 amide bonds. The molecule has 3 rings (SSSR count). The Balaban J connectivity index is 1.75. The van der Waals surface area contributed by atoms with Crippen molar-refractivity contribution in [3.63, 3.8) is 0 Å². The fourth-order valence-electron chi connectivity index (χ4n) is 8.92. The number of para-hydroxylation sites is 1. The van der Waals surface area contributed by atoms with Crippen LogP contribution in [0, 0.1) is 17.8 Å². The van der Waals surface area contributed by atoms with Crippen LogP contribution in [0.15, 0.2) is 35.5 Å². The van der Waals surface area contributed by atoms with Gasteiger partial charge in [-0.1, -0.05) is 59.7 Å². The van der Waals surface area contributed by atoms with Gasteiger partial charge in [0.2, 0.25) is 59.1 Å². The second kappa shape index (κ2) is 32.3. The number of amides is 10. The fourth-order valence-corrected chi connectivity index (χ4v) is 8.92. The van der Waals surface area contributed by atoms with Gasteiger partial charge in [-0.15, -0.1) is 0 Å². The average molecular weight is 1130 g/mol. The third-order valence-electron chi connectivity index (χ3n) is 12.9. The first-order valence-corrected chi connectivity index (χ1v) is 26.8. The van der Waals surface area contributed by atoms with E-state index >= 15 is 0 Å². The van der Waals surface area contributed by atoms with Gasteiger partial charge >= 0.3 is 5.97 Å². The zero-order valence-electron chi connectivity index (χ0n) is 46.6. The summed E-state index contributed by atoms with van der Waals surface area (Å²) >= 11 is 0. The quantitative estimate of drug-likeness (QED) is 0.0189. The normalized spacial score (nSPS) is 16.2. The van der Waals surface area contributed by atoms with Crippen molar-refractivity contribution in [3.05, 3.63) is 36.0 Å². The van der Waals surface area contributed by atoms with E-state index in [9.17, 15) is 63.0 Å². The minimum absolute atomic E-state index is 0.0342. The number of guanidine groups is 1. The Bertz CT molecular complexity index is 2530. The highest BCUT2D eigenvalue weighted by atomic mass is 16.4. The van der Waals surface area contributed by atoms with Gasteiger partial charge in [0, 0.05) is 36.6 Å². The van der Waals surface area contributed by atoms with Crippen molar-refractivity contribution in [3.8, 4) is 0 Å². The molecule has 0 unspecified atom stereocenters. The molecule has 0 spiro atoms. The van der Waals surface area contributed by atoms with E-state index in [1.54, 1.807) is 32.2 Å². The van der Waals surface area contributed by atoms with Gasteiger partial charge in [-0.2, -0.15) is 0 Å². The molecule has 1 fully saturated rings. The summed E-state index contributed by atoms with van der Waals surface area (Å²) in [4.78, 5) is 155. The SMILES string of the molecule is CC(C)C[C@H](NC(=O)[C@H](CC(C)C)NC(=O)CNC(=O)[C@H](Cc1c[nH]c2ccccc12)NC(=O)[C@@H]1CCCN1C(=O)CNC(=O)[C@@H](NC(=O)[C@H](CC(N)=O)NC(=O)[C@H](CCCN=C(N)N)NC(=O)[C@@H](N)CC(C)C)[C@@H](C)O)C(=O)O. The molecule has 0 bridgehead atoms. The Labute approximate surface area is 464 Å². The number of carbonyl (C=O) groups excluding carboxylic acids is 10. The molecule has 80 heavy (non-hydrogen) atoms. The number of aliphatic hydroxyl groups is 1. The predicted octanol–water partition coefficient (Wildman–Crippen LogP) is -3.30. The molecule has 2 aromatic rings. The second-order valence-corrected chi connectivity index (χ2v) is 21.3. The standard InChI is InChI=1S/C52H83N15O13/c1-26(2)18-32(53)44(72)62-34(14-10-16-57-52(55)56)46(74)63-37(22-40(54)69)48(76)66-43(29(7)68)50(78)60-25-42(71)67-17-11-15-39(67)49(77)64-36(21-30-23-58-33-13-9-8-12-31(30)33)45(73)59-24-41(70)61-35(19-27(3)4)47(75)65-38(51(79)80)20-28(5)6/h8-9,12-13,23,26-29,32,34-39,43,58,68H,10-11,14-22,24-25,53H2,1-7H3,(H2,54,69)(H,59,73)(H,60,78)(H,61,70)(H,62,72)(H,63,74)(H,64,77)(H,65,75)(H,66,76)(H,79,80)(H4,55,56,57)/t29-,32+,34+,35+,36+,37+,38+,39+,43+/m1/s1. The van der Waals surface area contributed by atoms with Crippen molar-refractivity contribution in [2.75, 3.05) is 26.2 Å². The van der Waals surface area contributed by atoms with Gasteiger partial charge < -0.3 is 85.6 Å². The van der Waals surface area contributed by atoms with Crippen LogP contribution in [-0.4, -0.2) is 172 Å². The number of nitrogens with zero attached hydrogens (tertiary/aromatic N) is 2. The number of carboxylic acid groups (broad SMARTS) is 1. The smallest absolute Gasteiger partial charge is 0.326 e. The summed E-state index contributed by atoms with van der Waals surface area (Å²) in [7, 11) is 0. The van der Waals surface area contributed by atoms with Crippen molar-refractivity contribution in [1.29, 1.82) is 0 Å². The highest BCUT2D eigenvalue weighted by molar-refractivity contribution is 5.99. The highest BCUT2D eigenvalue weighted by Crippen LogP contribution is 2.21. The highest BCUT2D eigenvalue weighted by Gasteiger charge is 2.38. The number of primary amides is 1. The van der Waals surface area contributed by atoms with Gasteiger partial charge in [-0.25, -0.2) is 4.79 Å². The molecule has 0 radical (unpaired) electrons. The molecular formula is C52H83N15O13. The Morgan fingerprint density at radius 2 is 1.27 bits per heavy atom. The van der Waals surface area contributed by atoms with Crippen LogP contribution in [0.25, 0.3) is 10.9 Å². The van der Waals surface area contributed by atoms with E-state index in [0.29, 0.717) is 12.0 Å². The molecular weight excluding hydrogens is 1040 g/mol. The number of H-pyrrole nitrogens is 1. The number of nitrogens with two attached hydrogens (primary N) is 4. The Morgan fingerprint density at radius 1 is 0.688 bits per heavy atom. The minimum Gasteiger partial charge on any atom is -0.480 e. The van der Waals surface area contributed by atoms with Crippen LogP contribution in [0.3, 0.4) is 0 Å². The molecule has 28 heteroatoms. The van der Waals surface area contributed by atoms with E-state index in [1.807, 2.05) is 39.8 Å². The molecule has 1 saturated heterocycles. The summed E-state index contributed by atoms with van der Waals surface area (Å²) in [5, 5.41) is 41.0. The van der Waals surface area contributed by atoms with Crippen LogP contribution < -0.4 is 65.5 Å². The minimum atomic E-state index is -1.77. The zero-order valence-corrected chi connectivity index (χ0v) is 46.6. The number of aliphatic hydroxyl groups excluding tert-OH is 1. The molecule has 28 nitrogen and oxygen atoms in total. The van der Waals surface area contributed by atoms with Crippen LogP contribution >= 0.6 is 0 Å². The maximum Gasteiger partial charge on any atom is 0.326 e. The van der Waals surface area contributed by atoms with Crippen LogP contribution in [0.1, 0.15) is 105 Å². The fraction of sp³-hybridized carbons (Fsp3) is 0.615. The number of rotatable bonds is 33. The number of carboxylic acids is 1. The number of fused-ring (bicyclic) bond motifs is 1. The zero-order chi connectivity index (χ0) is 60.0. The van der Waals surface area contributed by atoms with E-state index in [-0.39, 0.29) is 81.7 Å². The van der Waals surface area contributed by atoms with Crippen molar-refractivity contribution in [2.45, 2.75) is 161 Å². The number of aliphatic carboxylic acids is 1. The van der Waals surface area contributed by atoms with Gasteiger partial charge in [0.25, 0.3) is 0 Å². The predicted molar refractivity (Wildman–Crippen MR) is 294 cm³/mol. The molecule has 1 aliphatic heterocycles. The topological polar surface area (TPSA) is 460 Å². The Hall–Kier alpha value is -7.88. The summed E-state index contributed by atoms with van der Waals surface area (Å²) < 4.78 is 0. The lowest BCUT2D eigenvalue weighted by Gasteiger charge is -2.28. The van der Waals surface area contributed by atoms with E-state index in [1.165, 1.54) is 4.90 Å². The Morgan fingerprint density at radius 3 is 1.89 bits per heavy atom.